The van der Waals surface area contributed by atoms with Crippen molar-refractivity contribution >= 4 is 23.1 Å². The van der Waals surface area contributed by atoms with Gasteiger partial charge < -0.3 is 25.4 Å². The fraction of sp³-hybridized carbons (Fsp3) is 0.480. The molecule has 1 aliphatic heterocycles. The summed E-state index contributed by atoms with van der Waals surface area (Å²) in [4.78, 5) is 36.2. The topological polar surface area (TPSA) is 137 Å². The number of pyridine rings is 1. The van der Waals surface area contributed by atoms with E-state index in [0.29, 0.717) is 29.0 Å². The lowest BCUT2D eigenvalue weighted by Crippen LogP contribution is -2.49. The van der Waals surface area contributed by atoms with Gasteiger partial charge >= 0.3 is 0 Å². The summed E-state index contributed by atoms with van der Waals surface area (Å²) >= 11 is 0. The van der Waals surface area contributed by atoms with Crippen molar-refractivity contribution in [2.45, 2.75) is 44.2 Å². The van der Waals surface area contributed by atoms with Gasteiger partial charge in [-0.05, 0) is 31.0 Å². The molecule has 2 fully saturated rings. The molecule has 0 spiro atoms. The first-order chi connectivity index (χ1) is 18.1. The summed E-state index contributed by atoms with van der Waals surface area (Å²) in [5.74, 6) is -3.80. The van der Waals surface area contributed by atoms with Crippen molar-refractivity contribution in [1.82, 2.24) is 29.8 Å². The van der Waals surface area contributed by atoms with Crippen LogP contribution < -0.4 is 15.8 Å². The van der Waals surface area contributed by atoms with Crippen LogP contribution in [0.4, 0.5) is 14.6 Å². The maximum atomic E-state index is 13.4. The normalized spacial score (nSPS) is 20.9. The van der Waals surface area contributed by atoms with Crippen LogP contribution >= 0.6 is 0 Å². The molecule has 1 saturated heterocycles. The van der Waals surface area contributed by atoms with Crippen LogP contribution in [0.5, 0.6) is 5.88 Å². The summed E-state index contributed by atoms with van der Waals surface area (Å²) in [6, 6.07) is 2.82. The number of carbonyl (C=O) groups is 2. The Balaban J connectivity index is 1.37. The molecule has 1 saturated carbocycles. The Morgan fingerprint density at radius 3 is 2.68 bits per heavy atom. The average molecular weight is 530 g/mol. The van der Waals surface area contributed by atoms with E-state index in [4.69, 9.17) is 15.2 Å². The number of nitrogens with zero attached hydrogens (tertiary/aromatic N) is 5. The van der Waals surface area contributed by atoms with Gasteiger partial charge in [-0.15, -0.1) is 0 Å². The number of nitrogens with two attached hydrogens (primary N) is 1. The SMILES string of the molecule is COC[C@@H]1C[C@H](NC(=O)c2cc(-c3cc(C)c4c(N)ncnn34)cnc2OC)CN1C(=O)C1CC(F)(F)C1. The monoisotopic (exact) mass is 529 g/mol. The molecule has 3 N–H and O–H groups in total. The van der Waals surface area contributed by atoms with Gasteiger partial charge in [-0.3, -0.25) is 9.59 Å². The van der Waals surface area contributed by atoms with Crippen LogP contribution in [0.15, 0.2) is 24.7 Å². The van der Waals surface area contributed by atoms with Gasteiger partial charge in [-0.2, -0.15) is 5.10 Å². The number of carbonyl (C=O) groups excluding carboxylic acids is 2. The lowest BCUT2D eigenvalue weighted by Gasteiger charge is -2.37. The minimum atomic E-state index is -2.79. The first-order valence-corrected chi connectivity index (χ1v) is 12.2. The third kappa shape index (κ3) is 4.62. The van der Waals surface area contributed by atoms with E-state index in [9.17, 15) is 18.4 Å². The van der Waals surface area contributed by atoms with Gasteiger partial charge in [0, 0.05) is 50.2 Å². The molecule has 4 heterocycles. The third-order valence-corrected chi connectivity index (χ3v) is 7.19. The standard InChI is InChI=1S/C25H29F2N7O4/c1-13-4-19(34-20(13)21(28)30-12-31-34)14-5-18(23(38-3)29-9-14)22(35)32-16-6-17(11-37-2)33(10-16)24(36)15-7-25(26,27)8-15/h4-5,9,12,15-17H,6-8,10-11H2,1-3H3,(H,32,35)(H2,28,30,31)/t16-,17-/m0/s1. The molecule has 5 rings (SSSR count). The van der Waals surface area contributed by atoms with E-state index in [1.54, 1.807) is 21.7 Å². The van der Waals surface area contributed by atoms with Crippen molar-refractivity contribution in [1.29, 1.82) is 0 Å². The van der Waals surface area contributed by atoms with Crippen molar-refractivity contribution in [3.05, 3.63) is 35.8 Å². The lowest BCUT2D eigenvalue weighted by atomic mass is 9.80. The fourth-order valence-electron chi connectivity index (χ4n) is 5.35. The van der Waals surface area contributed by atoms with E-state index in [1.807, 2.05) is 13.0 Å². The number of rotatable bonds is 7. The largest absolute Gasteiger partial charge is 0.480 e. The highest BCUT2D eigenvalue weighted by Crippen LogP contribution is 2.44. The molecule has 1 aliphatic carbocycles. The van der Waals surface area contributed by atoms with Gasteiger partial charge in [0.25, 0.3) is 5.91 Å². The second kappa shape index (κ2) is 9.78. The van der Waals surface area contributed by atoms with Gasteiger partial charge in [-0.1, -0.05) is 0 Å². The number of fused-ring (bicyclic) bond motifs is 1. The summed E-state index contributed by atoms with van der Waals surface area (Å²) in [6.45, 7) is 2.33. The summed E-state index contributed by atoms with van der Waals surface area (Å²) in [5, 5.41) is 7.25. The predicted molar refractivity (Wildman–Crippen MR) is 133 cm³/mol. The predicted octanol–water partition coefficient (Wildman–Crippen LogP) is 2.08. The van der Waals surface area contributed by atoms with Gasteiger partial charge in [0.05, 0.1) is 25.5 Å². The molecule has 2 atom stereocenters. The van der Waals surface area contributed by atoms with Crippen LogP contribution in [0.2, 0.25) is 0 Å². The number of hydrogen-bond donors (Lipinski definition) is 2. The number of ether oxygens (including phenoxy) is 2. The summed E-state index contributed by atoms with van der Waals surface area (Å²) in [5.41, 5.74) is 9.04. The second-order valence-electron chi connectivity index (χ2n) is 9.87. The maximum Gasteiger partial charge on any atom is 0.257 e. The van der Waals surface area contributed by atoms with Crippen molar-refractivity contribution in [2.24, 2.45) is 5.92 Å². The first kappa shape index (κ1) is 25.8. The van der Waals surface area contributed by atoms with Crippen LogP contribution in [-0.2, 0) is 9.53 Å². The van der Waals surface area contributed by atoms with E-state index < -0.39 is 36.6 Å². The number of aromatic nitrogens is 4. The number of likely N-dealkylation sites (tertiary alicyclic amines) is 1. The van der Waals surface area contributed by atoms with Crippen LogP contribution in [-0.4, -0.2) is 81.7 Å². The first-order valence-electron chi connectivity index (χ1n) is 12.2. The quantitative estimate of drug-likeness (QED) is 0.475. The van der Waals surface area contributed by atoms with Crippen molar-refractivity contribution < 1.29 is 27.8 Å². The van der Waals surface area contributed by atoms with Crippen LogP contribution in [0.1, 0.15) is 35.2 Å². The lowest BCUT2D eigenvalue weighted by molar-refractivity contribution is -0.161. The van der Waals surface area contributed by atoms with Gasteiger partial charge in [0.1, 0.15) is 17.4 Å². The van der Waals surface area contributed by atoms with Crippen molar-refractivity contribution in [3.8, 4) is 17.1 Å². The number of anilines is 1. The number of nitrogens with one attached hydrogen (secondary N) is 1. The third-order valence-electron chi connectivity index (χ3n) is 7.19. The van der Waals surface area contributed by atoms with Gasteiger partial charge in [0.2, 0.25) is 17.7 Å². The molecule has 2 amide bonds. The number of alkyl halides is 2. The zero-order valence-corrected chi connectivity index (χ0v) is 21.3. The highest BCUT2D eigenvalue weighted by Gasteiger charge is 2.51. The Bertz CT molecular complexity index is 1390. The molecule has 3 aromatic heterocycles. The van der Waals surface area contributed by atoms with Gasteiger partial charge in [-0.25, -0.2) is 23.3 Å². The molecule has 0 aromatic carbocycles. The van der Waals surface area contributed by atoms with Crippen molar-refractivity contribution in [3.63, 3.8) is 0 Å². The molecular weight excluding hydrogens is 500 g/mol. The number of methoxy groups -OCH3 is 2. The van der Waals surface area contributed by atoms with E-state index >= 15 is 0 Å². The number of hydrogen-bond acceptors (Lipinski definition) is 8. The zero-order chi connectivity index (χ0) is 27.2. The number of amides is 2. The Morgan fingerprint density at radius 1 is 1.24 bits per heavy atom. The summed E-state index contributed by atoms with van der Waals surface area (Å²) < 4.78 is 39.0. The molecular formula is C25H29F2N7O4. The number of aryl methyl sites for hydroxylation is 1. The smallest absolute Gasteiger partial charge is 0.257 e. The fourth-order valence-corrected chi connectivity index (χ4v) is 5.35. The summed E-state index contributed by atoms with van der Waals surface area (Å²) in [6.07, 6.45) is 2.47. The second-order valence-corrected chi connectivity index (χ2v) is 9.87. The average Bonchev–Trinajstić information content (AvgIpc) is 3.43. The molecule has 202 valence electrons. The van der Waals surface area contributed by atoms with E-state index in [0.717, 1.165) is 5.56 Å². The van der Waals surface area contributed by atoms with Crippen molar-refractivity contribution in [2.75, 3.05) is 33.1 Å². The van der Waals surface area contributed by atoms with Crippen LogP contribution in [0, 0.1) is 12.8 Å². The Hall–Kier alpha value is -3.87. The van der Waals surface area contributed by atoms with Crippen LogP contribution in [0.3, 0.4) is 0 Å². The van der Waals surface area contributed by atoms with E-state index in [2.05, 4.69) is 20.4 Å². The molecule has 2 aliphatic rings. The highest BCUT2D eigenvalue weighted by atomic mass is 19.3. The Kier molecular flexibility index (Phi) is 6.63. The number of halogens is 2. The summed E-state index contributed by atoms with van der Waals surface area (Å²) in [7, 11) is 2.93. The highest BCUT2D eigenvalue weighted by molar-refractivity contribution is 5.98. The molecule has 0 bridgehead atoms. The van der Waals surface area contributed by atoms with Crippen LogP contribution in [0.25, 0.3) is 16.8 Å². The molecule has 11 nitrogen and oxygen atoms in total. The minimum absolute atomic E-state index is 0.133. The minimum Gasteiger partial charge on any atom is -0.480 e. The molecule has 38 heavy (non-hydrogen) atoms. The molecule has 0 radical (unpaired) electrons. The molecule has 0 unspecified atom stereocenters. The Labute approximate surface area is 217 Å². The van der Waals surface area contributed by atoms with E-state index in [1.165, 1.54) is 20.5 Å². The molecule has 3 aromatic rings. The Morgan fingerprint density at radius 2 is 2.00 bits per heavy atom. The zero-order valence-electron chi connectivity index (χ0n) is 21.3. The van der Waals surface area contributed by atoms with Gasteiger partial charge in [0.15, 0.2) is 5.82 Å². The number of nitrogen functional groups attached to an aromatic ring is 1. The maximum absolute atomic E-state index is 13.4. The van der Waals surface area contributed by atoms with E-state index in [-0.39, 0.29) is 36.5 Å². The molecule has 13 heteroatoms.